The number of unbranched alkanes of at least 4 members (excludes halogenated alkanes) is 1. The molecule has 0 amide bonds. The van der Waals surface area contributed by atoms with Crippen LogP contribution in [0.25, 0.3) is 0 Å². The first-order valence-corrected chi connectivity index (χ1v) is 7.45. The number of hydrogen-bond donors (Lipinski definition) is 1. The number of nitrogens with two attached hydrogens (primary N) is 1. The standard InChI is InChI=1S/C17H29N/c1-5-7-8-14(6-2)17(18)16-11-9-15(10-12-16)13(3)4/h9-14,17H,5-8,18H2,1-4H3. The van der Waals surface area contributed by atoms with Gasteiger partial charge in [0, 0.05) is 6.04 Å². The zero-order chi connectivity index (χ0) is 13.5. The molecule has 2 unspecified atom stereocenters. The Labute approximate surface area is 113 Å². The van der Waals surface area contributed by atoms with E-state index in [0.717, 1.165) is 0 Å². The van der Waals surface area contributed by atoms with Crippen molar-refractivity contribution >= 4 is 0 Å². The van der Waals surface area contributed by atoms with Crippen LogP contribution in [-0.4, -0.2) is 0 Å². The molecule has 1 rings (SSSR count). The predicted octanol–water partition coefficient (Wildman–Crippen LogP) is 5.03. The van der Waals surface area contributed by atoms with Crippen LogP contribution < -0.4 is 5.73 Å². The third-order valence-electron chi connectivity index (χ3n) is 3.95. The molecule has 0 bridgehead atoms. The smallest absolute Gasteiger partial charge is 0.0323 e. The van der Waals surface area contributed by atoms with Crippen molar-refractivity contribution in [2.75, 3.05) is 0 Å². The summed E-state index contributed by atoms with van der Waals surface area (Å²) in [5.74, 6) is 1.21. The quantitative estimate of drug-likeness (QED) is 0.719. The van der Waals surface area contributed by atoms with Crippen LogP contribution in [0, 0.1) is 5.92 Å². The molecule has 102 valence electrons. The van der Waals surface area contributed by atoms with Crippen LogP contribution in [0.15, 0.2) is 24.3 Å². The molecule has 2 N–H and O–H groups in total. The van der Waals surface area contributed by atoms with Crippen LogP contribution in [0.5, 0.6) is 0 Å². The third kappa shape index (κ3) is 4.13. The number of rotatable bonds is 7. The highest BCUT2D eigenvalue weighted by molar-refractivity contribution is 5.27. The average Bonchev–Trinajstić information content (AvgIpc) is 2.39. The molecular weight excluding hydrogens is 218 g/mol. The number of benzene rings is 1. The summed E-state index contributed by atoms with van der Waals surface area (Å²) in [6.07, 6.45) is 4.97. The van der Waals surface area contributed by atoms with Gasteiger partial charge in [-0.15, -0.1) is 0 Å². The molecule has 1 nitrogen and oxygen atoms in total. The minimum Gasteiger partial charge on any atom is -0.324 e. The fraction of sp³-hybridized carbons (Fsp3) is 0.647. The zero-order valence-electron chi connectivity index (χ0n) is 12.4. The van der Waals surface area contributed by atoms with Crippen molar-refractivity contribution in [3.05, 3.63) is 35.4 Å². The van der Waals surface area contributed by atoms with Gasteiger partial charge < -0.3 is 5.73 Å². The summed E-state index contributed by atoms with van der Waals surface area (Å²) in [6, 6.07) is 9.09. The topological polar surface area (TPSA) is 26.0 Å². The maximum atomic E-state index is 6.42. The van der Waals surface area contributed by atoms with Crippen molar-refractivity contribution < 1.29 is 0 Å². The van der Waals surface area contributed by atoms with Gasteiger partial charge in [-0.3, -0.25) is 0 Å². The largest absolute Gasteiger partial charge is 0.324 e. The fourth-order valence-electron chi connectivity index (χ4n) is 2.48. The molecule has 0 aliphatic heterocycles. The van der Waals surface area contributed by atoms with Gasteiger partial charge in [0.1, 0.15) is 0 Å². The van der Waals surface area contributed by atoms with E-state index < -0.39 is 0 Å². The summed E-state index contributed by atoms with van der Waals surface area (Å²) in [5.41, 5.74) is 9.11. The molecule has 18 heavy (non-hydrogen) atoms. The number of hydrogen-bond acceptors (Lipinski definition) is 1. The van der Waals surface area contributed by atoms with Crippen molar-refractivity contribution in [2.45, 2.75) is 65.3 Å². The Bertz CT molecular complexity index is 326. The maximum absolute atomic E-state index is 6.42. The molecule has 0 heterocycles. The van der Waals surface area contributed by atoms with Crippen LogP contribution in [0.4, 0.5) is 0 Å². The molecule has 0 aromatic heterocycles. The average molecular weight is 247 g/mol. The maximum Gasteiger partial charge on any atom is 0.0323 e. The molecule has 0 radical (unpaired) electrons. The first-order chi connectivity index (χ1) is 8.60. The lowest BCUT2D eigenvalue weighted by Gasteiger charge is -2.23. The highest BCUT2D eigenvalue weighted by Gasteiger charge is 2.17. The minimum absolute atomic E-state index is 0.197. The second-order valence-electron chi connectivity index (χ2n) is 5.66. The Kier molecular flexibility index (Phi) is 6.42. The molecule has 0 aliphatic carbocycles. The van der Waals surface area contributed by atoms with E-state index >= 15 is 0 Å². The highest BCUT2D eigenvalue weighted by Crippen LogP contribution is 2.27. The van der Waals surface area contributed by atoms with Gasteiger partial charge in [-0.2, -0.15) is 0 Å². The molecule has 0 saturated carbocycles. The fourth-order valence-corrected chi connectivity index (χ4v) is 2.48. The SMILES string of the molecule is CCCCC(CC)C(N)c1ccc(C(C)C)cc1. The predicted molar refractivity (Wildman–Crippen MR) is 80.8 cm³/mol. The summed E-state index contributed by atoms with van der Waals surface area (Å²) >= 11 is 0. The Morgan fingerprint density at radius 3 is 2.00 bits per heavy atom. The molecule has 0 fully saturated rings. The lowest BCUT2D eigenvalue weighted by molar-refractivity contribution is 0.378. The Balaban J connectivity index is 2.72. The molecule has 1 aromatic carbocycles. The van der Waals surface area contributed by atoms with Crippen molar-refractivity contribution in [3.8, 4) is 0 Å². The second kappa shape index (κ2) is 7.58. The van der Waals surface area contributed by atoms with Gasteiger partial charge in [0.05, 0.1) is 0 Å². The van der Waals surface area contributed by atoms with Gasteiger partial charge in [-0.25, -0.2) is 0 Å². The normalized spacial score (nSPS) is 14.8. The summed E-state index contributed by atoms with van der Waals surface area (Å²) in [5, 5.41) is 0. The molecule has 2 atom stereocenters. The summed E-state index contributed by atoms with van der Waals surface area (Å²) < 4.78 is 0. The Hall–Kier alpha value is -0.820. The minimum atomic E-state index is 0.197. The molecule has 0 aliphatic rings. The highest BCUT2D eigenvalue weighted by atomic mass is 14.6. The summed E-state index contributed by atoms with van der Waals surface area (Å²) in [6.45, 7) is 8.95. The molecular formula is C17H29N. The van der Waals surface area contributed by atoms with Crippen molar-refractivity contribution in [1.82, 2.24) is 0 Å². The Morgan fingerprint density at radius 2 is 1.56 bits per heavy atom. The van der Waals surface area contributed by atoms with Crippen LogP contribution in [0.2, 0.25) is 0 Å². The monoisotopic (exact) mass is 247 g/mol. The van der Waals surface area contributed by atoms with Gasteiger partial charge in [-0.05, 0) is 29.4 Å². The van der Waals surface area contributed by atoms with E-state index in [1.54, 1.807) is 0 Å². The lowest BCUT2D eigenvalue weighted by Crippen LogP contribution is -2.21. The van der Waals surface area contributed by atoms with E-state index in [-0.39, 0.29) is 6.04 Å². The molecule has 0 saturated heterocycles. The van der Waals surface area contributed by atoms with Crippen molar-refractivity contribution in [3.63, 3.8) is 0 Å². The van der Waals surface area contributed by atoms with Crippen LogP contribution in [-0.2, 0) is 0 Å². The van der Waals surface area contributed by atoms with Gasteiger partial charge in [-0.1, -0.05) is 71.2 Å². The van der Waals surface area contributed by atoms with E-state index in [1.807, 2.05) is 0 Å². The van der Waals surface area contributed by atoms with Crippen LogP contribution >= 0.6 is 0 Å². The van der Waals surface area contributed by atoms with Gasteiger partial charge in [0.25, 0.3) is 0 Å². The zero-order valence-corrected chi connectivity index (χ0v) is 12.4. The van der Waals surface area contributed by atoms with Crippen molar-refractivity contribution in [1.29, 1.82) is 0 Å². The van der Waals surface area contributed by atoms with Gasteiger partial charge in [0.15, 0.2) is 0 Å². The van der Waals surface area contributed by atoms with Crippen LogP contribution in [0.1, 0.15) is 76.5 Å². The van der Waals surface area contributed by atoms with E-state index in [1.165, 1.54) is 36.8 Å². The summed E-state index contributed by atoms with van der Waals surface area (Å²) in [7, 11) is 0. The van der Waals surface area contributed by atoms with Gasteiger partial charge in [0.2, 0.25) is 0 Å². The Morgan fingerprint density at radius 1 is 1.00 bits per heavy atom. The first-order valence-electron chi connectivity index (χ1n) is 7.45. The van der Waals surface area contributed by atoms with Crippen molar-refractivity contribution in [2.24, 2.45) is 11.7 Å². The van der Waals surface area contributed by atoms with E-state index in [2.05, 4.69) is 52.0 Å². The molecule has 0 spiro atoms. The third-order valence-corrected chi connectivity index (χ3v) is 3.95. The van der Waals surface area contributed by atoms with E-state index in [0.29, 0.717) is 11.8 Å². The summed E-state index contributed by atoms with van der Waals surface area (Å²) in [4.78, 5) is 0. The molecule has 1 aromatic rings. The first kappa shape index (κ1) is 15.2. The van der Waals surface area contributed by atoms with E-state index in [4.69, 9.17) is 5.73 Å². The lowest BCUT2D eigenvalue weighted by atomic mass is 9.87. The van der Waals surface area contributed by atoms with E-state index in [9.17, 15) is 0 Å². The van der Waals surface area contributed by atoms with Crippen LogP contribution in [0.3, 0.4) is 0 Å². The second-order valence-corrected chi connectivity index (χ2v) is 5.66. The molecule has 1 heteroatoms. The van der Waals surface area contributed by atoms with Gasteiger partial charge >= 0.3 is 0 Å².